The van der Waals surface area contributed by atoms with Gasteiger partial charge in [0.25, 0.3) is 11.8 Å². The standard InChI is InChI=1S/C25H26N2O4/c1-17(2)22-6-4-5-7-23(22)31-16-24(28)26-19-10-8-18(9-11-19)25(29)27-20-12-14-21(30-3)15-13-20/h4-15,17H,16H2,1-3H3,(H,26,28)(H,27,29). The van der Waals surface area contributed by atoms with Crippen LogP contribution < -0.4 is 20.1 Å². The van der Waals surface area contributed by atoms with Crippen molar-refractivity contribution in [1.82, 2.24) is 0 Å². The van der Waals surface area contributed by atoms with E-state index in [1.54, 1.807) is 55.6 Å². The molecule has 6 heteroatoms. The summed E-state index contributed by atoms with van der Waals surface area (Å²) in [5, 5.41) is 5.60. The summed E-state index contributed by atoms with van der Waals surface area (Å²) >= 11 is 0. The fourth-order valence-corrected chi connectivity index (χ4v) is 3.01. The highest BCUT2D eigenvalue weighted by Gasteiger charge is 2.10. The maximum absolute atomic E-state index is 12.4. The lowest BCUT2D eigenvalue weighted by Gasteiger charge is -2.13. The number of methoxy groups -OCH3 is 1. The van der Waals surface area contributed by atoms with Crippen LogP contribution in [-0.4, -0.2) is 25.5 Å². The van der Waals surface area contributed by atoms with Gasteiger partial charge in [0.15, 0.2) is 6.61 Å². The Bertz CT molecular complexity index is 1030. The smallest absolute Gasteiger partial charge is 0.262 e. The monoisotopic (exact) mass is 418 g/mol. The number of anilines is 2. The maximum Gasteiger partial charge on any atom is 0.262 e. The van der Waals surface area contributed by atoms with Crippen molar-refractivity contribution in [2.75, 3.05) is 24.4 Å². The largest absolute Gasteiger partial charge is 0.497 e. The summed E-state index contributed by atoms with van der Waals surface area (Å²) in [4.78, 5) is 24.7. The molecule has 0 atom stereocenters. The van der Waals surface area contributed by atoms with Crippen LogP contribution in [0.4, 0.5) is 11.4 Å². The molecule has 160 valence electrons. The van der Waals surface area contributed by atoms with Gasteiger partial charge < -0.3 is 20.1 Å². The molecular weight excluding hydrogens is 392 g/mol. The average Bonchev–Trinajstić information content (AvgIpc) is 2.78. The third kappa shape index (κ3) is 6.09. The molecule has 0 fully saturated rings. The lowest BCUT2D eigenvalue weighted by molar-refractivity contribution is -0.118. The first kappa shape index (κ1) is 21.9. The van der Waals surface area contributed by atoms with Gasteiger partial charge in [-0.15, -0.1) is 0 Å². The molecule has 6 nitrogen and oxygen atoms in total. The molecule has 2 amide bonds. The Balaban J connectivity index is 1.53. The van der Waals surface area contributed by atoms with E-state index in [9.17, 15) is 9.59 Å². The van der Waals surface area contributed by atoms with Gasteiger partial charge in [0.1, 0.15) is 11.5 Å². The summed E-state index contributed by atoms with van der Waals surface area (Å²) in [5.41, 5.74) is 2.80. The van der Waals surface area contributed by atoms with E-state index in [1.165, 1.54) is 0 Å². The number of carbonyl (C=O) groups excluding carboxylic acids is 2. The first-order valence-electron chi connectivity index (χ1n) is 10.0. The quantitative estimate of drug-likeness (QED) is 0.534. The number of carbonyl (C=O) groups is 2. The molecule has 0 aliphatic rings. The Morgan fingerprint density at radius 3 is 2.10 bits per heavy atom. The van der Waals surface area contributed by atoms with Gasteiger partial charge in [-0.1, -0.05) is 32.0 Å². The summed E-state index contributed by atoms with van der Waals surface area (Å²) in [5.74, 6) is 1.22. The third-order valence-electron chi connectivity index (χ3n) is 4.68. The average molecular weight is 418 g/mol. The Morgan fingerprint density at radius 2 is 1.45 bits per heavy atom. The Kier molecular flexibility index (Phi) is 7.27. The van der Waals surface area contributed by atoms with E-state index < -0.39 is 0 Å². The molecule has 3 aromatic rings. The van der Waals surface area contributed by atoms with Crippen molar-refractivity contribution in [3.05, 3.63) is 83.9 Å². The molecule has 0 unspecified atom stereocenters. The van der Waals surface area contributed by atoms with Gasteiger partial charge in [-0.2, -0.15) is 0 Å². The van der Waals surface area contributed by atoms with Crippen LogP contribution in [0.3, 0.4) is 0 Å². The second-order valence-corrected chi connectivity index (χ2v) is 7.29. The Hall–Kier alpha value is -3.80. The van der Waals surface area contributed by atoms with Crippen molar-refractivity contribution in [3.8, 4) is 11.5 Å². The van der Waals surface area contributed by atoms with Crippen molar-refractivity contribution in [2.45, 2.75) is 19.8 Å². The molecule has 0 aliphatic carbocycles. The van der Waals surface area contributed by atoms with E-state index in [-0.39, 0.29) is 18.4 Å². The molecule has 0 aliphatic heterocycles. The maximum atomic E-state index is 12.4. The van der Waals surface area contributed by atoms with E-state index in [4.69, 9.17) is 9.47 Å². The number of hydrogen-bond acceptors (Lipinski definition) is 4. The molecule has 0 saturated heterocycles. The second kappa shape index (κ2) is 10.3. The highest BCUT2D eigenvalue weighted by molar-refractivity contribution is 6.04. The first-order valence-corrected chi connectivity index (χ1v) is 10.0. The summed E-state index contributed by atoms with van der Waals surface area (Å²) in [6, 6.07) is 21.5. The van der Waals surface area contributed by atoms with Crippen LogP contribution in [-0.2, 0) is 4.79 Å². The minimum absolute atomic E-state index is 0.0938. The van der Waals surface area contributed by atoms with E-state index in [2.05, 4.69) is 24.5 Å². The predicted octanol–water partition coefficient (Wildman–Crippen LogP) is 5.09. The number of rotatable bonds is 8. The fraction of sp³-hybridized carbons (Fsp3) is 0.200. The van der Waals surface area contributed by atoms with Gasteiger partial charge in [-0.3, -0.25) is 9.59 Å². The lowest BCUT2D eigenvalue weighted by Crippen LogP contribution is -2.20. The van der Waals surface area contributed by atoms with Crippen molar-refractivity contribution >= 4 is 23.2 Å². The molecule has 3 rings (SSSR count). The van der Waals surface area contributed by atoms with Crippen LogP contribution in [0.1, 0.15) is 35.7 Å². The van der Waals surface area contributed by atoms with Crippen LogP contribution >= 0.6 is 0 Å². The van der Waals surface area contributed by atoms with Crippen molar-refractivity contribution in [3.63, 3.8) is 0 Å². The number of para-hydroxylation sites is 1. The van der Waals surface area contributed by atoms with Gasteiger partial charge in [0.05, 0.1) is 7.11 Å². The van der Waals surface area contributed by atoms with Crippen LogP contribution in [0.15, 0.2) is 72.8 Å². The summed E-state index contributed by atoms with van der Waals surface area (Å²) in [6.45, 7) is 4.06. The van der Waals surface area contributed by atoms with E-state index in [0.29, 0.717) is 28.6 Å². The van der Waals surface area contributed by atoms with Gasteiger partial charge in [-0.25, -0.2) is 0 Å². The van der Waals surface area contributed by atoms with Gasteiger partial charge >= 0.3 is 0 Å². The molecule has 3 aromatic carbocycles. The number of benzene rings is 3. The summed E-state index contributed by atoms with van der Waals surface area (Å²) in [7, 11) is 1.59. The van der Waals surface area contributed by atoms with Crippen molar-refractivity contribution < 1.29 is 19.1 Å². The minimum atomic E-state index is -0.269. The molecule has 0 aromatic heterocycles. The number of nitrogens with one attached hydrogen (secondary N) is 2. The molecule has 0 radical (unpaired) electrons. The molecule has 0 saturated carbocycles. The van der Waals surface area contributed by atoms with Crippen molar-refractivity contribution in [1.29, 1.82) is 0 Å². The number of ether oxygens (including phenoxy) is 2. The van der Waals surface area contributed by atoms with E-state index in [1.807, 2.05) is 24.3 Å². The fourth-order valence-electron chi connectivity index (χ4n) is 3.01. The Labute approximate surface area is 182 Å². The second-order valence-electron chi connectivity index (χ2n) is 7.29. The molecule has 0 spiro atoms. The normalized spacial score (nSPS) is 10.5. The third-order valence-corrected chi connectivity index (χ3v) is 4.68. The zero-order chi connectivity index (χ0) is 22.2. The SMILES string of the molecule is COc1ccc(NC(=O)c2ccc(NC(=O)COc3ccccc3C(C)C)cc2)cc1. The number of amides is 2. The van der Waals surface area contributed by atoms with Crippen LogP contribution in [0.25, 0.3) is 0 Å². The zero-order valence-corrected chi connectivity index (χ0v) is 17.8. The highest BCUT2D eigenvalue weighted by atomic mass is 16.5. The van der Waals surface area contributed by atoms with E-state index in [0.717, 1.165) is 11.3 Å². The summed E-state index contributed by atoms with van der Waals surface area (Å²) in [6.07, 6.45) is 0. The topological polar surface area (TPSA) is 76.7 Å². The van der Waals surface area contributed by atoms with Gasteiger partial charge in [0.2, 0.25) is 0 Å². The molecule has 2 N–H and O–H groups in total. The molecule has 0 heterocycles. The van der Waals surface area contributed by atoms with Crippen molar-refractivity contribution in [2.24, 2.45) is 0 Å². The molecule has 31 heavy (non-hydrogen) atoms. The Morgan fingerprint density at radius 1 is 0.839 bits per heavy atom. The zero-order valence-electron chi connectivity index (χ0n) is 17.8. The van der Waals surface area contributed by atoms with Gasteiger partial charge in [0, 0.05) is 16.9 Å². The minimum Gasteiger partial charge on any atom is -0.497 e. The summed E-state index contributed by atoms with van der Waals surface area (Å²) < 4.78 is 10.8. The molecular formula is C25H26N2O4. The highest BCUT2D eigenvalue weighted by Crippen LogP contribution is 2.25. The lowest BCUT2D eigenvalue weighted by atomic mass is 10.0. The predicted molar refractivity (Wildman–Crippen MR) is 122 cm³/mol. The van der Waals surface area contributed by atoms with E-state index >= 15 is 0 Å². The van der Waals surface area contributed by atoms with Crippen LogP contribution in [0.5, 0.6) is 11.5 Å². The van der Waals surface area contributed by atoms with Gasteiger partial charge in [-0.05, 0) is 66.1 Å². The van der Waals surface area contributed by atoms with Crippen LogP contribution in [0, 0.1) is 0 Å². The van der Waals surface area contributed by atoms with Crippen LogP contribution in [0.2, 0.25) is 0 Å². The first-order chi connectivity index (χ1) is 15.0. The molecule has 0 bridgehead atoms. The number of hydrogen-bond donors (Lipinski definition) is 2.